The van der Waals surface area contributed by atoms with Crippen LogP contribution in [0.15, 0.2) is 57.7 Å². The van der Waals surface area contributed by atoms with Crippen LogP contribution in [0.2, 0.25) is 0 Å². The lowest BCUT2D eigenvalue weighted by molar-refractivity contribution is -0.131. The van der Waals surface area contributed by atoms with Crippen LogP contribution < -0.4 is 11.1 Å². The Bertz CT molecular complexity index is 1100. The van der Waals surface area contributed by atoms with Gasteiger partial charge in [0.1, 0.15) is 5.54 Å². The van der Waals surface area contributed by atoms with Gasteiger partial charge in [-0.1, -0.05) is 42.0 Å². The van der Waals surface area contributed by atoms with Crippen LogP contribution in [0.1, 0.15) is 18.1 Å². The normalized spacial score (nSPS) is 19.7. The molecular weight excluding hydrogens is 346 g/mol. The molecule has 1 atom stereocenters. The minimum absolute atomic E-state index is 0.0789. The Morgan fingerprint density at radius 3 is 2.44 bits per heavy atom. The quantitative estimate of drug-likeness (QED) is 0.720. The smallest absolute Gasteiger partial charge is 0.408 e. The number of carbonyl (C=O) groups is 2. The molecule has 0 aliphatic carbocycles. The second-order valence-electron chi connectivity index (χ2n) is 6.87. The number of hydrogen-bond donors (Lipinski definition) is 1. The molecular formula is C20H19N3O4. The Kier molecular flexibility index (Phi) is 3.87. The van der Waals surface area contributed by atoms with Crippen LogP contribution in [0.25, 0.3) is 11.1 Å². The maximum Gasteiger partial charge on any atom is 0.420 e. The van der Waals surface area contributed by atoms with E-state index in [1.54, 1.807) is 31.2 Å². The lowest BCUT2D eigenvalue weighted by Gasteiger charge is -2.22. The number of nitrogens with zero attached hydrogens (tertiary/aromatic N) is 2. The fourth-order valence-corrected chi connectivity index (χ4v) is 3.41. The predicted molar refractivity (Wildman–Crippen MR) is 99.2 cm³/mol. The molecule has 1 aromatic heterocycles. The highest BCUT2D eigenvalue weighted by molar-refractivity contribution is 6.07. The summed E-state index contributed by atoms with van der Waals surface area (Å²) in [5.41, 5.74) is 1.79. The number of aromatic nitrogens is 1. The summed E-state index contributed by atoms with van der Waals surface area (Å²) >= 11 is 0. The fourth-order valence-electron chi connectivity index (χ4n) is 3.41. The van der Waals surface area contributed by atoms with E-state index in [-0.39, 0.29) is 19.0 Å². The predicted octanol–water partition coefficient (Wildman–Crippen LogP) is 2.37. The largest absolute Gasteiger partial charge is 0.420 e. The summed E-state index contributed by atoms with van der Waals surface area (Å²) in [5.74, 6) is -0.846. The minimum atomic E-state index is -1.12. The maximum atomic E-state index is 13.0. The van der Waals surface area contributed by atoms with Crippen molar-refractivity contribution in [2.45, 2.75) is 25.9 Å². The Morgan fingerprint density at radius 2 is 1.70 bits per heavy atom. The molecule has 1 unspecified atom stereocenters. The van der Waals surface area contributed by atoms with Gasteiger partial charge in [-0.15, -0.1) is 0 Å². The van der Waals surface area contributed by atoms with Gasteiger partial charge in [0.25, 0.3) is 5.91 Å². The lowest BCUT2D eigenvalue weighted by Crippen LogP contribution is -2.41. The van der Waals surface area contributed by atoms with E-state index < -0.39 is 17.3 Å². The highest BCUT2D eigenvalue weighted by Crippen LogP contribution is 2.29. The SMILES string of the molecule is Cc1ccc(C2(C)NC(=O)N(CCn3c(=O)oc4ccccc43)C2=O)cc1. The van der Waals surface area contributed by atoms with Gasteiger partial charge in [0.05, 0.1) is 5.52 Å². The molecule has 0 bridgehead atoms. The summed E-state index contributed by atoms with van der Waals surface area (Å²) in [7, 11) is 0. The average molecular weight is 365 g/mol. The third-order valence-electron chi connectivity index (χ3n) is 5.02. The molecule has 0 saturated carbocycles. The third kappa shape index (κ3) is 2.71. The first-order valence-corrected chi connectivity index (χ1v) is 8.70. The van der Waals surface area contributed by atoms with E-state index in [2.05, 4.69) is 5.32 Å². The summed E-state index contributed by atoms with van der Waals surface area (Å²) in [6.07, 6.45) is 0. The van der Waals surface area contributed by atoms with E-state index in [9.17, 15) is 14.4 Å². The number of hydrogen-bond acceptors (Lipinski definition) is 4. The molecule has 7 nitrogen and oxygen atoms in total. The Balaban J connectivity index is 1.58. The fraction of sp³-hybridized carbons (Fsp3) is 0.250. The number of amides is 3. The van der Waals surface area contributed by atoms with E-state index in [0.717, 1.165) is 16.0 Å². The minimum Gasteiger partial charge on any atom is -0.408 e. The zero-order valence-corrected chi connectivity index (χ0v) is 15.1. The standard InChI is InChI=1S/C20H19N3O4/c1-13-7-9-14(10-8-13)20(2)17(24)23(18(25)21-20)12-11-22-15-5-3-4-6-16(15)27-19(22)26/h3-10H,11-12H2,1-2H3,(H,21,25). The highest BCUT2D eigenvalue weighted by atomic mass is 16.4. The third-order valence-corrected chi connectivity index (χ3v) is 5.02. The second kappa shape index (κ2) is 6.12. The first kappa shape index (κ1) is 17.1. The molecule has 3 aromatic rings. The van der Waals surface area contributed by atoms with E-state index >= 15 is 0 Å². The Morgan fingerprint density at radius 1 is 1.00 bits per heavy atom. The number of benzene rings is 2. The molecule has 3 amide bonds. The number of aryl methyl sites for hydroxylation is 1. The number of urea groups is 1. The van der Waals surface area contributed by atoms with Gasteiger partial charge < -0.3 is 9.73 Å². The van der Waals surface area contributed by atoms with E-state index in [0.29, 0.717) is 11.1 Å². The molecule has 1 aliphatic rings. The van der Waals surface area contributed by atoms with Gasteiger partial charge in [-0.3, -0.25) is 14.3 Å². The van der Waals surface area contributed by atoms with Crippen LogP contribution in [0.4, 0.5) is 4.79 Å². The second-order valence-corrected chi connectivity index (χ2v) is 6.87. The topological polar surface area (TPSA) is 84.6 Å². The average Bonchev–Trinajstić information content (AvgIpc) is 3.08. The van der Waals surface area contributed by atoms with Crippen molar-refractivity contribution in [3.8, 4) is 0 Å². The van der Waals surface area contributed by atoms with E-state index in [4.69, 9.17) is 4.42 Å². The zero-order valence-electron chi connectivity index (χ0n) is 15.1. The van der Waals surface area contributed by atoms with Crippen LogP contribution in [-0.4, -0.2) is 28.0 Å². The number of fused-ring (bicyclic) bond motifs is 1. The monoisotopic (exact) mass is 365 g/mol. The van der Waals surface area contributed by atoms with Crippen LogP contribution >= 0.6 is 0 Å². The van der Waals surface area contributed by atoms with E-state index in [1.807, 2.05) is 31.2 Å². The molecule has 0 spiro atoms. The van der Waals surface area contributed by atoms with E-state index in [1.165, 1.54) is 4.57 Å². The van der Waals surface area contributed by atoms with Crippen molar-refractivity contribution >= 4 is 23.0 Å². The Labute approximate surface area is 155 Å². The first-order chi connectivity index (χ1) is 12.9. The molecule has 1 fully saturated rings. The van der Waals surface area contributed by atoms with Gasteiger partial charge in [-0.2, -0.15) is 0 Å². The zero-order chi connectivity index (χ0) is 19.2. The van der Waals surface area contributed by atoms with Gasteiger partial charge in [0.15, 0.2) is 5.58 Å². The molecule has 0 radical (unpaired) electrons. The van der Waals surface area contributed by atoms with Crippen molar-refractivity contribution in [1.29, 1.82) is 0 Å². The van der Waals surface area contributed by atoms with Crippen LogP contribution in [0.5, 0.6) is 0 Å². The lowest BCUT2D eigenvalue weighted by atomic mass is 9.91. The number of rotatable bonds is 4. The molecule has 1 saturated heterocycles. The number of nitrogens with one attached hydrogen (secondary N) is 1. The number of oxazole rings is 1. The summed E-state index contributed by atoms with van der Waals surface area (Å²) in [4.78, 5) is 38.6. The van der Waals surface area contributed by atoms with Crippen molar-refractivity contribution in [2.24, 2.45) is 0 Å². The summed E-state index contributed by atoms with van der Waals surface area (Å²) in [6, 6.07) is 14.1. The highest BCUT2D eigenvalue weighted by Gasteiger charge is 2.48. The summed E-state index contributed by atoms with van der Waals surface area (Å²) < 4.78 is 6.62. The number of imide groups is 1. The molecule has 2 aromatic carbocycles. The van der Waals surface area contributed by atoms with Crippen molar-refractivity contribution < 1.29 is 14.0 Å². The number of para-hydroxylation sites is 2. The van der Waals surface area contributed by atoms with Gasteiger partial charge in [-0.25, -0.2) is 9.59 Å². The Hall–Kier alpha value is -3.35. The van der Waals surface area contributed by atoms with Crippen LogP contribution in [-0.2, 0) is 16.9 Å². The molecule has 4 rings (SSSR count). The van der Waals surface area contributed by atoms with Gasteiger partial charge in [-0.05, 0) is 31.5 Å². The van der Waals surface area contributed by atoms with Gasteiger partial charge in [0.2, 0.25) is 0 Å². The van der Waals surface area contributed by atoms with Gasteiger partial charge >= 0.3 is 11.8 Å². The van der Waals surface area contributed by atoms with Crippen molar-refractivity contribution in [3.63, 3.8) is 0 Å². The molecule has 7 heteroatoms. The van der Waals surface area contributed by atoms with Crippen molar-refractivity contribution in [1.82, 2.24) is 14.8 Å². The number of carbonyl (C=O) groups excluding carboxylic acids is 2. The molecule has 2 heterocycles. The van der Waals surface area contributed by atoms with Crippen LogP contribution in [0.3, 0.4) is 0 Å². The molecule has 1 N–H and O–H groups in total. The summed E-state index contributed by atoms with van der Waals surface area (Å²) in [6.45, 7) is 3.90. The molecule has 138 valence electrons. The first-order valence-electron chi connectivity index (χ1n) is 8.70. The molecule has 27 heavy (non-hydrogen) atoms. The van der Waals surface area contributed by atoms with Crippen molar-refractivity contribution in [2.75, 3.05) is 6.54 Å². The van der Waals surface area contributed by atoms with Crippen LogP contribution in [0, 0.1) is 6.92 Å². The van der Waals surface area contributed by atoms with Crippen molar-refractivity contribution in [3.05, 3.63) is 70.2 Å². The molecule has 1 aliphatic heterocycles. The van der Waals surface area contributed by atoms with Gasteiger partial charge in [0, 0.05) is 13.1 Å². The maximum absolute atomic E-state index is 13.0. The summed E-state index contributed by atoms with van der Waals surface area (Å²) in [5, 5.41) is 2.77.